The monoisotopic (exact) mass is 205 g/mol. The minimum Gasteiger partial charge on any atom is -0.358 e. The van der Waals surface area contributed by atoms with E-state index in [0.29, 0.717) is 22.0 Å². The van der Waals surface area contributed by atoms with Crippen molar-refractivity contribution in [2.45, 2.75) is 20.8 Å². The van der Waals surface area contributed by atoms with Crippen LogP contribution in [0.2, 0.25) is 0 Å². The summed E-state index contributed by atoms with van der Waals surface area (Å²) in [5.74, 6) is -0.290. The number of aryl methyl sites for hydroxylation is 2. The highest BCUT2D eigenvalue weighted by Crippen LogP contribution is 2.15. The number of fused-ring (bicyclic) bond motifs is 1. The third-order valence-corrected chi connectivity index (χ3v) is 2.77. The molecule has 2 nitrogen and oxygen atoms in total. The van der Waals surface area contributed by atoms with Gasteiger partial charge in [-0.15, -0.1) is 0 Å². The number of pyridine rings is 1. The Bertz CT molecular complexity index is 593. The molecule has 78 valence electrons. The van der Waals surface area contributed by atoms with E-state index < -0.39 is 0 Å². The predicted molar refractivity (Wildman–Crippen MR) is 58.7 cm³/mol. The van der Waals surface area contributed by atoms with Crippen LogP contribution in [0.15, 0.2) is 16.9 Å². The lowest BCUT2D eigenvalue weighted by molar-refractivity contribution is 0.620. The fourth-order valence-electron chi connectivity index (χ4n) is 1.64. The summed E-state index contributed by atoms with van der Waals surface area (Å²) in [6, 6.07) is 2.97. The molecule has 15 heavy (non-hydrogen) atoms. The van der Waals surface area contributed by atoms with Crippen LogP contribution in [0.5, 0.6) is 0 Å². The minimum absolute atomic E-state index is 0.0237. The number of hydrogen-bond donors (Lipinski definition) is 1. The van der Waals surface area contributed by atoms with Gasteiger partial charge in [0.25, 0.3) is 0 Å². The lowest BCUT2D eigenvalue weighted by atomic mass is 10.1. The standard InChI is InChI=1S/C12H12FNO/c1-6-4-9-11(5-10(6)13)14-8(3)7(2)12(9)15/h4-5H,1-3H3,(H,14,15). The van der Waals surface area contributed by atoms with Gasteiger partial charge in [-0.05, 0) is 38.5 Å². The SMILES string of the molecule is Cc1cc2c(=O)c(C)c(C)[nH]c2cc1F. The van der Waals surface area contributed by atoms with Gasteiger partial charge in [-0.3, -0.25) is 4.79 Å². The van der Waals surface area contributed by atoms with Gasteiger partial charge in [0.1, 0.15) is 5.82 Å². The minimum atomic E-state index is -0.290. The van der Waals surface area contributed by atoms with E-state index >= 15 is 0 Å². The molecule has 0 fully saturated rings. The highest BCUT2D eigenvalue weighted by atomic mass is 19.1. The van der Waals surface area contributed by atoms with Gasteiger partial charge in [-0.1, -0.05) is 0 Å². The highest BCUT2D eigenvalue weighted by molar-refractivity contribution is 5.80. The summed E-state index contributed by atoms with van der Waals surface area (Å²) >= 11 is 0. The Labute approximate surface area is 86.8 Å². The molecule has 1 heterocycles. The van der Waals surface area contributed by atoms with Crippen LogP contribution in [0.4, 0.5) is 4.39 Å². The molecule has 0 amide bonds. The van der Waals surface area contributed by atoms with Gasteiger partial charge < -0.3 is 4.98 Å². The maximum Gasteiger partial charge on any atom is 0.192 e. The fourth-order valence-corrected chi connectivity index (χ4v) is 1.64. The van der Waals surface area contributed by atoms with Crippen molar-refractivity contribution < 1.29 is 4.39 Å². The largest absolute Gasteiger partial charge is 0.358 e. The number of aromatic amines is 1. The van der Waals surface area contributed by atoms with Crippen LogP contribution < -0.4 is 5.43 Å². The number of nitrogens with one attached hydrogen (secondary N) is 1. The third-order valence-electron chi connectivity index (χ3n) is 2.77. The molecule has 0 unspecified atom stereocenters. The van der Waals surface area contributed by atoms with Crippen molar-refractivity contribution in [2.24, 2.45) is 0 Å². The normalized spacial score (nSPS) is 10.9. The maximum absolute atomic E-state index is 13.3. The maximum atomic E-state index is 13.3. The predicted octanol–water partition coefficient (Wildman–Crippen LogP) is 2.59. The Kier molecular flexibility index (Phi) is 2.11. The molecule has 1 aromatic carbocycles. The molecule has 0 atom stereocenters. The Morgan fingerprint density at radius 3 is 2.53 bits per heavy atom. The molecule has 0 saturated carbocycles. The van der Waals surface area contributed by atoms with Crippen LogP contribution >= 0.6 is 0 Å². The van der Waals surface area contributed by atoms with E-state index in [1.807, 2.05) is 6.92 Å². The van der Waals surface area contributed by atoms with Crippen molar-refractivity contribution >= 4 is 10.9 Å². The van der Waals surface area contributed by atoms with E-state index in [9.17, 15) is 9.18 Å². The van der Waals surface area contributed by atoms with Crippen molar-refractivity contribution in [3.8, 4) is 0 Å². The molecule has 1 aromatic heterocycles. The van der Waals surface area contributed by atoms with Crippen LogP contribution in [0.3, 0.4) is 0 Å². The van der Waals surface area contributed by atoms with E-state index in [-0.39, 0.29) is 11.2 Å². The first-order chi connectivity index (χ1) is 7.00. The second kappa shape index (κ2) is 3.19. The Hall–Kier alpha value is -1.64. The van der Waals surface area contributed by atoms with Crippen LogP contribution in [0, 0.1) is 26.6 Å². The summed E-state index contributed by atoms with van der Waals surface area (Å²) in [7, 11) is 0. The van der Waals surface area contributed by atoms with Gasteiger partial charge in [0.2, 0.25) is 0 Å². The molecule has 0 aliphatic carbocycles. The number of hydrogen-bond acceptors (Lipinski definition) is 1. The smallest absolute Gasteiger partial charge is 0.192 e. The van der Waals surface area contributed by atoms with Gasteiger partial charge in [-0.25, -0.2) is 4.39 Å². The van der Waals surface area contributed by atoms with Gasteiger partial charge >= 0.3 is 0 Å². The number of halogens is 1. The van der Waals surface area contributed by atoms with Crippen LogP contribution in [0.1, 0.15) is 16.8 Å². The molecule has 0 spiro atoms. The first-order valence-electron chi connectivity index (χ1n) is 4.80. The molecule has 3 heteroatoms. The Balaban J connectivity index is 3.00. The summed E-state index contributed by atoms with van der Waals surface area (Å²) in [6.45, 7) is 5.24. The Morgan fingerprint density at radius 2 is 1.87 bits per heavy atom. The first kappa shape index (κ1) is 9.90. The summed E-state index contributed by atoms with van der Waals surface area (Å²) < 4.78 is 13.3. The summed E-state index contributed by atoms with van der Waals surface area (Å²) in [6.07, 6.45) is 0. The molecule has 0 radical (unpaired) electrons. The van der Waals surface area contributed by atoms with Gasteiger partial charge in [-0.2, -0.15) is 0 Å². The molecular formula is C12H12FNO. The first-order valence-corrected chi connectivity index (χ1v) is 4.80. The van der Waals surface area contributed by atoms with Crippen LogP contribution in [-0.4, -0.2) is 4.98 Å². The van der Waals surface area contributed by atoms with Crippen molar-refractivity contribution in [1.82, 2.24) is 4.98 Å². The van der Waals surface area contributed by atoms with E-state index in [1.54, 1.807) is 19.9 Å². The molecule has 0 aliphatic rings. The molecular weight excluding hydrogens is 193 g/mol. The highest BCUT2D eigenvalue weighted by Gasteiger charge is 2.07. The van der Waals surface area contributed by atoms with Crippen molar-refractivity contribution in [3.63, 3.8) is 0 Å². The van der Waals surface area contributed by atoms with Gasteiger partial charge in [0.15, 0.2) is 5.43 Å². The van der Waals surface area contributed by atoms with Crippen molar-refractivity contribution in [2.75, 3.05) is 0 Å². The zero-order valence-corrected chi connectivity index (χ0v) is 8.94. The molecule has 0 bridgehead atoms. The zero-order valence-electron chi connectivity index (χ0n) is 8.94. The molecule has 0 aliphatic heterocycles. The van der Waals surface area contributed by atoms with Gasteiger partial charge in [0, 0.05) is 16.6 Å². The average Bonchev–Trinajstić information content (AvgIpc) is 2.19. The second-order valence-corrected chi connectivity index (χ2v) is 3.85. The lowest BCUT2D eigenvalue weighted by Crippen LogP contribution is -2.10. The molecule has 0 saturated heterocycles. The van der Waals surface area contributed by atoms with Crippen LogP contribution in [-0.2, 0) is 0 Å². The van der Waals surface area contributed by atoms with Gasteiger partial charge in [0.05, 0.1) is 5.52 Å². The summed E-state index contributed by atoms with van der Waals surface area (Å²) in [5, 5.41) is 0.553. The lowest BCUT2D eigenvalue weighted by Gasteiger charge is -2.05. The number of benzene rings is 1. The molecule has 2 rings (SSSR count). The topological polar surface area (TPSA) is 32.9 Å². The third kappa shape index (κ3) is 1.44. The summed E-state index contributed by atoms with van der Waals surface area (Å²) in [5.41, 5.74) is 2.51. The molecule has 1 N–H and O–H groups in total. The van der Waals surface area contributed by atoms with Crippen LogP contribution in [0.25, 0.3) is 10.9 Å². The number of H-pyrrole nitrogens is 1. The fraction of sp³-hybridized carbons (Fsp3) is 0.250. The zero-order chi connectivity index (χ0) is 11.2. The van der Waals surface area contributed by atoms with E-state index in [4.69, 9.17) is 0 Å². The van der Waals surface area contributed by atoms with Crippen molar-refractivity contribution in [3.05, 3.63) is 45.0 Å². The van der Waals surface area contributed by atoms with E-state index in [2.05, 4.69) is 4.98 Å². The van der Waals surface area contributed by atoms with E-state index in [1.165, 1.54) is 6.07 Å². The summed E-state index contributed by atoms with van der Waals surface area (Å²) in [4.78, 5) is 14.9. The number of aromatic nitrogens is 1. The number of rotatable bonds is 0. The van der Waals surface area contributed by atoms with Crippen molar-refractivity contribution in [1.29, 1.82) is 0 Å². The average molecular weight is 205 g/mol. The second-order valence-electron chi connectivity index (χ2n) is 3.85. The van der Waals surface area contributed by atoms with E-state index in [0.717, 1.165) is 5.69 Å². The quantitative estimate of drug-likeness (QED) is 0.704. The molecule has 2 aromatic rings. The Morgan fingerprint density at radius 1 is 1.20 bits per heavy atom.